The van der Waals surface area contributed by atoms with Gasteiger partial charge in [0.2, 0.25) is 0 Å². The maximum absolute atomic E-state index is 12.1. The first kappa shape index (κ1) is 13.2. The third kappa shape index (κ3) is 2.95. The van der Waals surface area contributed by atoms with Crippen LogP contribution in [0.25, 0.3) is 0 Å². The van der Waals surface area contributed by atoms with Gasteiger partial charge in [-0.1, -0.05) is 11.6 Å². The van der Waals surface area contributed by atoms with Crippen LogP contribution < -0.4 is 15.8 Å². The fraction of sp³-hybridized carbons (Fsp3) is 0.0769. The number of ether oxygens (including phenoxy) is 1. The molecule has 0 aliphatic heterocycles. The highest BCUT2D eigenvalue weighted by Gasteiger charge is 2.12. The quantitative estimate of drug-likeness (QED) is 0.846. The summed E-state index contributed by atoms with van der Waals surface area (Å²) in [5.41, 5.74) is 7.03. The molecule has 0 saturated carbocycles. The van der Waals surface area contributed by atoms with Crippen molar-refractivity contribution in [3.8, 4) is 5.75 Å². The number of amides is 1. The molecule has 0 atom stereocenters. The van der Waals surface area contributed by atoms with E-state index in [4.69, 9.17) is 22.1 Å². The van der Waals surface area contributed by atoms with Crippen LogP contribution in [0.1, 0.15) is 10.4 Å². The number of aromatic nitrogens is 1. The zero-order valence-corrected chi connectivity index (χ0v) is 10.9. The van der Waals surface area contributed by atoms with E-state index in [0.717, 1.165) is 0 Å². The standard InChI is InChI=1S/C13H12ClN3O2/c1-19-12-7-16-5-4-9(12)13(18)17-8-2-3-10(14)11(15)6-8/h2-7H,15H2,1H3,(H,17,18). The fourth-order valence-electron chi connectivity index (χ4n) is 1.55. The molecule has 19 heavy (non-hydrogen) atoms. The number of carbonyl (C=O) groups is 1. The monoisotopic (exact) mass is 277 g/mol. The molecular formula is C13H12ClN3O2. The molecule has 0 radical (unpaired) electrons. The van der Waals surface area contributed by atoms with E-state index in [-0.39, 0.29) is 5.91 Å². The second kappa shape index (κ2) is 5.58. The summed E-state index contributed by atoms with van der Waals surface area (Å²) >= 11 is 5.82. The maximum atomic E-state index is 12.1. The summed E-state index contributed by atoms with van der Waals surface area (Å²) in [6.45, 7) is 0. The first-order valence-electron chi connectivity index (χ1n) is 5.46. The minimum atomic E-state index is -0.305. The normalized spacial score (nSPS) is 10.0. The van der Waals surface area contributed by atoms with E-state index < -0.39 is 0 Å². The van der Waals surface area contributed by atoms with E-state index in [1.165, 1.54) is 19.5 Å². The highest BCUT2D eigenvalue weighted by Crippen LogP contribution is 2.23. The van der Waals surface area contributed by atoms with Crippen molar-refractivity contribution in [2.45, 2.75) is 0 Å². The molecule has 5 nitrogen and oxygen atoms in total. The van der Waals surface area contributed by atoms with Crippen LogP contribution in [0.5, 0.6) is 5.75 Å². The van der Waals surface area contributed by atoms with Crippen LogP contribution in [0.2, 0.25) is 5.02 Å². The van der Waals surface area contributed by atoms with E-state index in [0.29, 0.717) is 27.7 Å². The Kier molecular flexibility index (Phi) is 3.87. The summed E-state index contributed by atoms with van der Waals surface area (Å²) in [6.07, 6.45) is 3.00. The second-order valence-corrected chi connectivity index (χ2v) is 4.17. The summed E-state index contributed by atoms with van der Waals surface area (Å²) in [5, 5.41) is 3.16. The molecule has 2 rings (SSSR count). The lowest BCUT2D eigenvalue weighted by atomic mass is 10.2. The van der Waals surface area contributed by atoms with Gasteiger partial charge in [0.15, 0.2) is 0 Å². The van der Waals surface area contributed by atoms with Gasteiger partial charge >= 0.3 is 0 Å². The molecule has 1 amide bonds. The molecule has 0 spiro atoms. The Labute approximate surface area is 115 Å². The zero-order chi connectivity index (χ0) is 13.8. The van der Waals surface area contributed by atoms with Crippen LogP contribution in [0, 0.1) is 0 Å². The number of nitrogen functional groups attached to an aromatic ring is 1. The largest absolute Gasteiger partial charge is 0.494 e. The predicted octanol–water partition coefficient (Wildman–Crippen LogP) is 2.58. The number of carbonyl (C=O) groups excluding carboxylic acids is 1. The summed E-state index contributed by atoms with van der Waals surface area (Å²) in [6, 6.07) is 6.46. The lowest BCUT2D eigenvalue weighted by molar-refractivity contribution is 0.102. The average molecular weight is 278 g/mol. The summed E-state index contributed by atoms with van der Waals surface area (Å²) < 4.78 is 5.08. The minimum Gasteiger partial charge on any atom is -0.494 e. The van der Waals surface area contributed by atoms with Gasteiger partial charge in [0.05, 0.1) is 29.6 Å². The number of pyridine rings is 1. The number of anilines is 2. The lowest BCUT2D eigenvalue weighted by Gasteiger charge is -2.09. The number of benzene rings is 1. The molecule has 0 unspecified atom stereocenters. The van der Waals surface area contributed by atoms with E-state index in [9.17, 15) is 4.79 Å². The third-order valence-corrected chi connectivity index (χ3v) is 2.85. The molecule has 1 heterocycles. The highest BCUT2D eigenvalue weighted by atomic mass is 35.5. The molecule has 98 valence electrons. The Morgan fingerprint density at radius 3 is 2.89 bits per heavy atom. The SMILES string of the molecule is COc1cnccc1C(=O)Nc1ccc(Cl)c(N)c1. The number of nitrogens with one attached hydrogen (secondary N) is 1. The number of nitrogens with two attached hydrogens (primary N) is 1. The van der Waals surface area contributed by atoms with Gasteiger partial charge in [-0.2, -0.15) is 0 Å². The average Bonchev–Trinajstić information content (AvgIpc) is 2.43. The fourth-order valence-corrected chi connectivity index (χ4v) is 1.67. The van der Waals surface area contributed by atoms with Gasteiger partial charge in [-0.05, 0) is 24.3 Å². The third-order valence-electron chi connectivity index (χ3n) is 2.50. The molecule has 3 N–H and O–H groups in total. The van der Waals surface area contributed by atoms with E-state index in [1.807, 2.05) is 0 Å². The Hall–Kier alpha value is -2.27. The second-order valence-electron chi connectivity index (χ2n) is 3.77. The number of nitrogens with zero attached hydrogens (tertiary/aromatic N) is 1. The minimum absolute atomic E-state index is 0.305. The van der Waals surface area contributed by atoms with Gasteiger partial charge in [0, 0.05) is 11.9 Å². The van der Waals surface area contributed by atoms with Crippen molar-refractivity contribution in [3.05, 3.63) is 47.2 Å². The maximum Gasteiger partial charge on any atom is 0.259 e. The first-order valence-corrected chi connectivity index (χ1v) is 5.84. The summed E-state index contributed by atoms with van der Waals surface area (Å²) in [7, 11) is 1.48. The van der Waals surface area contributed by atoms with Gasteiger partial charge in [0.1, 0.15) is 5.75 Å². The number of rotatable bonds is 3. The molecule has 2 aromatic rings. The Morgan fingerprint density at radius 2 is 2.21 bits per heavy atom. The molecule has 0 bridgehead atoms. The number of hydrogen-bond acceptors (Lipinski definition) is 4. The molecule has 0 aliphatic carbocycles. The molecule has 0 saturated heterocycles. The Balaban J connectivity index is 2.23. The van der Waals surface area contributed by atoms with Crippen molar-refractivity contribution in [2.75, 3.05) is 18.2 Å². The van der Waals surface area contributed by atoms with E-state index in [1.54, 1.807) is 24.3 Å². The van der Waals surface area contributed by atoms with Gasteiger partial charge in [-0.15, -0.1) is 0 Å². The predicted molar refractivity (Wildman–Crippen MR) is 74.6 cm³/mol. The van der Waals surface area contributed by atoms with Crippen molar-refractivity contribution >= 4 is 28.9 Å². The summed E-state index contributed by atoms with van der Waals surface area (Å²) in [5.74, 6) is 0.0999. The molecule has 1 aromatic carbocycles. The van der Waals surface area contributed by atoms with Crippen molar-refractivity contribution in [2.24, 2.45) is 0 Å². The lowest BCUT2D eigenvalue weighted by Crippen LogP contribution is -2.13. The van der Waals surface area contributed by atoms with Gasteiger partial charge in [-0.3, -0.25) is 9.78 Å². The van der Waals surface area contributed by atoms with E-state index in [2.05, 4.69) is 10.3 Å². The van der Waals surface area contributed by atoms with Crippen molar-refractivity contribution < 1.29 is 9.53 Å². The zero-order valence-electron chi connectivity index (χ0n) is 10.2. The topological polar surface area (TPSA) is 77.2 Å². The summed E-state index contributed by atoms with van der Waals surface area (Å²) in [4.78, 5) is 16.0. The molecule has 0 aliphatic rings. The van der Waals surface area contributed by atoms with E-state index >= 15 is 0 Å². The van der Waals surface area contributed by atoms with Crippen molar-refractivity contribution in [1.29, 1.82) is 0 Å². The van der Waals surface area contributed by atoms with Crippen LogP contribution in [-0.4, -0.2) is 18.0 Å². The van der Waals surface area contributed by atoms with Gasteiger partial charge < -0.3 is 15.8 Å². The van der Waals surface area contributed by atoms with Crippen molar-refractivity contribution in [1.82, 2.24) is 4.98 Å². The van der Waals surface area contributed by atoms with Crippen molar-refractivity contribution in [3.63, 3.8) is 0 Å². The van der Waals surface area contributed by atoms with Crippen LogP contribution in [0.3, 0.4) is 0 Å². The Bertz CT molecular complexity index is 617. The number of hydrogen-bond donors (Lipinski definition) is 2. The highest BCUT2D eigenvalue weighted by molar-refractivity contribution is 6.33. The molecular weight excluding hydrogens is 266 g/mol. The van der Waals surface area contributed by atoms with Crippen LogP contribution in [0.4, 0.5) is 11.4 Å². The molecule has 0 fully saturated rings. The number of halogens is 1. The van der Waals surface area contributed by atoms with Gasteiger partial charge in [-0.25, -0.2) is 0 Å². The van der Waals surface area contributed by atoms with Crippen LogP contribution in [-0.2, 0) is 0 Å². The molecule has 6 heteroatoms. The first-order chi connectivity index (χ1) is 9.11. The van der Waals surface area contributed by atoms with Crippen LogP contribution in [0.15, 0.2) is 36.7 Å². The van der Waals surface area contributed by atoms with Crippen LogP contribution >= 0.6 is 11.6 Å². The number of methoxy groups -OCH3 is 1. The smallest absolute Gasteiger partial charge is 0.259 e. The Morgan fingerprint density at radius 1 is 1.42 bits per heavy atom. The molecule has 1 aromatic heterocycles. The van der Waals surface area contributed by atoms with Gasteiger partial charge in [0.25, 0.3) is 5.91 Å².